The van der Waals surface area contributed by atoms with Crippen molar-refractivity contribution in [1.82, 2.24) is 0 Å². The summed E-state index contributed by atoms with van der Waals surface area (Å²) in [5, 5.41) is 0. The second-order valence-corrected chi connectivity index (χ2v) is 2.16. The highest BCUT2D eigenvalue weighted by Gasteiger charge is 2.13. The molecule has 0 radical (unpaired) electrons. The number of rotatable bonds is 6. The van der Waals surface area contributed by atoms with E-state index in [1.807, 2.05) is 0 Å². The third kappa shape index (κ3) is 5.40. The lowest BCUT2D eigenvalue weighted by Crippen LogP contribution is -2.07. The van der Waals surface area contributed by atoms with E-state index in [0.717, 1.165) is 12.5 Å². The van der Waals surface area contributed by atoms with Gasteiger partial charge in [0.25, 0.3) is 0 Å². The van der Waals surface area contributed by atoms with Crippen molar-refractivity contribution < 1.29 is 26.9 Å². The van der Waals surface area contributed by atoms with E-state index in [0.29, 0.717) is 0 Å². The quantitative estimate of drug-likeness (QED) is 0.336. The van der Waals surface area contributed by atoms with Crippen molar-refractivity contribution in [1.29, 1.82) is 0 Å². The summed E-state index contributed by atoms with van der Waals surface area (Å²) in [6.07, 6.45) is 1.52. The molecule has 0 aliphatic heterocycles. The van der Waals surface area contributed by atoms with E-state index in [-0.39, 0.29) is 0 Å². The van der Waals surface area contributed by atoms with Crippen LogP contribution >= 0.6 is 0 Å². The minimum atomic E-state index is -4.29. The molecule has 64 valence electrons. The van der Waals surface area contributed by atoms with Crippen LogP contribution in [0, 0.1) is 0 Å². The summed E-state index contributed by atoms with van der Waals surface area (Å²) in [5.41, 5.74) is 0. The fraction of sp³-hybridized carbons (Fsp3) is 0. The molecule has 0 saturated carbocycles. The van der Waals surface area contributed by atoms with Crippen LogP contribution in [-0.2, 0) is 28.8 Å². The molecule has 0 amide bonds. The molecule has 0 saturated heterocycles. The summed E-state index contributed by atoms with van der Waals surface area (Å²) in [5.74, 6) is 0. The van der Waals surface area contributed by atoms with E-state index in [9.17, 15) is 8.42 Å². The molecule has 0 unspecified atom stereocenters. The lowest BCUT2D eigenvalue weighted by Gasteiger charge is -1.98. The fourth-order valence-corrected chi connectivity index (χ4v) is 0.489. The molecule has 0 aromatic heterocycles. The van der Waals surface area contributed by atoms with Crippen molar-refractivity contribution in [3.05, 3.63) is 25.7 Å². The highest BCUT2D eigenvalue weighted by atomic mass is 32.3. The fourth-order valence-electron chi connectivity index (χ4n) is 0.163. The monoisotopic (exact) mass is 182 g/mol. The first-order chi connectivity index (χ1) is 5.12. The molecule has 0 aromatic rings. The van der Waals surface area contributed by atoms with Crippen LogP contribution in [0.25, 0.3) is 0 Å². The average Bonchev–Trinajstić information content (AvgIpc) is 1.97. The predicted octanol–water partition coefficient (Wildman–Crippen LogP) is 0.415. The Kier molecular flexibility index (Phi) is 4.27. The summed E-state index contributed by atoms with van der Waals surface area (Å²) < 4.78 is 28.0. The van der Waals surface area contributed by atoms with Gasteiger partial charge in [-0.2, -0.15) is 8.42 Å². The van der Waals surface area contributed by atoms with Crippen LogP contribution in [0.2, 0.25) is 0 Å². The molecule has 0 bridgehead atoms. The second-order valence-electron chi connectivity index (χ2n) is 1.07. The molecular weight excluding hydrogens is 176 g/mol. The smallest absolute Gasteiger partial charge is 0.328 e. The molecule has 0 spiro atoms. The van der Waals surface area contributed by atoms with Crippen LogP contribution in [-0.4, -0.2) is 8.42 Å². The summed E-state index contributed by atoms with van der Waals surface area (Å²) in [4.78, 5) is 7.66. The van der Waals surface area contributed by atoms with Gasteiger partial charge in [-0.25, -0.2) is 0 Å². The van der Waals surface area contributed by atoms with Gasteiger partial charge in [0.05, 0.1) is 0 Å². The maximum Gasteiger partial charge on any atom is 0.470 e. The third-order valence-electron chi connectivity index (χ3n) is 0.381. The van der Waals surface area contributed by atoms with Crippen molar-refractivity contribution in [2.75, 3.05) is 0 Å². The Hall–Kier alpha value is -1.05. The van der Waals surface area contributed by atoms with Crippen LogP contribution in [0.5, 0.6) is 0 Å². The third-order valence-corrected chi connectivity index (χ3v) is 0.872. The Balaban J connectivity index is 3.80. The molecule has 0 aliphatic carbocycles. The van der Waals surface area contributed by atoms with Gasteiger partial charge < -0.3 is 9.78 Å². The second kappa shape index (κ2) is 4.72. The minimum Gasteiger partial charge on any atom is -0.328 e. The molecule has 6 nitrogen and oxygen atoms in total. The van der Waals surface area contributed by atoms with Gasteiger partial charge in [0.2, 0.25) is 0 Å². The van der Waals surface area contributed by atoms with Crippen molar-refractivity contribution in [3.8, 4) is 0 Å². The van der Waals surface area contributed by atoms with Crippen LogP contribution in [0.15, 0.2) is 25.7 Å². The average molecular weight is 182 g/mol. The van der Waals surface area contributed by atoms with Gasteiger partial charge in [0, 0.05) is 0 Å². The molecule has 0 fully saturated rings. The molecule has 0 N–H and O–H groups in total. The molecule has 0 rings (SSSR count). The Labute approximate surface area is 63.8 Å². The summed E-state index contributed by atoms with van der Waals surface area (Å²) in [6.45, 7) is 6.03. The van der Waals surface area contributed by atoms with Gasteiger partial charge in [-0.05, 0) is 8.67 Å². The molecule has 0 aromatic carbocycles. The topological polar surface area (TPSA) is 71.1 Å². The van der Waals surface area contributed by atoms with Crippen LogP contribution < -0.4 is 0 Å². The Bertz CT molecular complexity index is 199. The van der Waals surface area contributed by atoms with Crippen molar-refractivity contribution in [3.63, 3.8) is 0 Å². The predicted molar refractivity (Wildman–Crippen MR) is 33.7 cm³/mol. The lowest BCUT2D eigenvalue weighted by molar-refractivity contribution is -0.206. The van der Waals surface area contributed by atoms with Crippen LogP contribution in [0.1, 0.15) is 0 Å². The maximum absolute atomic E-state index is 10.4. The molecule has 11 heavy (non-hydrogen) atoms. The van der Waals surface area contributed by atoms with E-state index < -0.39 is 10.4 Å². The van der Waals surface area contributed by atoms with Gasteiger partial charge in [0.15, 0.2) is 0 Å². The van der Waals surface area contributed by atoms with Crippen molar-refractivity contribution in [2.24, 2.45) is 0 Å². The first kappa shape index (κ1) is 9.95. The van der Waals surface area contributed by atoms with E-state index in [1.54, 1.807) is 0 Å². The zero-order chi connectivity index (χ0) is 8.74. The van der Waals surface area contributed by atoms with E-state index in [4.69, 9.17) is 0 Å². The Morgan fingerprint density at radius 3 is 1.64 bits per heavy atom. The van der Waals surface area contributed by atoms with Gasteiger partial charge in [-0.3, -0.25) is 0 Å². The van der Waals surface area contributed by atoms with Gasteiger partial charge in [0.1, 0.15) is 12.5 Å². The first-order valence-corrected chi connectivity index (χ1v) is 3.62. The zero-order valence-electron chi connectivity index (χ0n) is 5.43. The van der Waals surface area contributed by atoms with Gasteiger partial charge >= 0.3 is 10.4 Å². The normalized spacial score (nSPS) is 10.2. The molecule has 7 heteroatoms. The molecular formula is C4H6O6S. The van der Waals surface area contributed by atoms with E-state index in [2.05, 4.69) is 31.6 Å². The van der Waals surface area contributed by atoms with E-state index >= 15 is 0 Å². The number of hydrogen-bond acceptors (Lipinski definition) is 6. The summed E-state index contributed by atoms with van der Waals surface area (Å²) in [6, 6.07) is 0. The minimum absolute atomic E-state index is 0.759. The SMILES string of the molecule is C=COOS(=O)(=O)OOC=C. The Morgan fingerprint density at radius 2 is 1.36 bits per heavy atom. The summed E-state index contributed by atoms with van der Waals surface area (Å²) >= 11 is 0. The highest BCUT2D eigenvalue weighted by Crippen LogP contribution is 1.97. The van der Waals surface area contributed by atoms with Crippen molar-refractivity contribution in [2.45, 2.75) is 0 Å². The summed E-state index contributed by atoms with van der Waals surface area (Å²) in [7, 11) is -4.29. The van der Waals surface area contributed by atoms with Crippen LogP contribution in [0.3, 0.4) is 0 Å². The van der Waals surface area contributed by atoms with Gasteiger partial charge in [-0.15, -0.1) is 0 Å². The number of hydrogen-bond donors (Lipinski definition) is 0. The van der Waals surface area contributed by atoms with E-state index in [1.165, 1.54) is 0 Å². The first-order valence-electron chi connectivity index (χ1n) is 2.29. The van der Waals surface area contributed by atoms with Crippen molar-refractivity contribution >= 4 is 10.4 Å². The molecule has 0 heterocycles. The largest absolute Gasteiger partial charge is 0.470 e. The maximum atomic E-state index is 10.4. The van der Waals surface area contributed by atoms with Gasteiger partial charge in [-0.1, -0.05) is 13.2 Å². The Morgan fingerprint density at radius 1 is 1.00 bits per heavy atom. The lowest BCUT2D eigenvalue weighted by atomic mass is 11.2. The zero-order valence-corrected chi connectivity index (χ0v) is 6.24. The van der Waals surface area contributed by atoms with Crippen LogP contribution in [0.4, 0.5) is 0 Å². The highest BCUT2D eigenvalue weighted by molar-refractivity contribution is 7.81. The standard InChI is InChI=1S/C4H6O6S/c1-3-7-9-11(5,6)10-8-4-2/h3-4H,1-2H2. The molecule has 0 aliphatic rings. The molecule has 0 atom stereocenters.